The molecule has 0 aliphatic carbocycles. The molecule has 3 heterocycles. The van der Waals surface area contributed by atoms with E-state index >= 15 is 0 Å². The number of hydrogen-bond acceptors (Lipinski definition) is 5. The van der Waals surface area contributed by atoms with Crippen molar-refractivity contribution in [3.8, 4) is 0 Å². The van der Waals surface area contributed by atoms with Crippen LogP contribution in [0.2, 0.25) is 0 Å². The highest BCUT2D eigenvalue weighted by molar-refractivity contribution is 6.51. The number of carbonyl (C=O) groups is 2. The van der Waals surface area contributed by atoms with Crippen LogP contribution in [0, 0.1) is 6.92 Å². The molecule has 0 saturated carbocycles. The SMILES string of the molecule is Cc1ccc(C2/C(=C(/O)c3ccncc3)C(=O)C(=O)N2c2ccccc2)o1. The summed E-state index contributed by atoms with van der Waals surface area (Å²) >= 11 is 0. The summed E-state index contributed by atoms with van der Waals surface area (Å²) in [7, 11) is 0. The molecule has 1 aliphatic heterocycles. The number of aromatic nitrogens is 1. The number of nitrogens with zero attached hydrogens (tertiary/aromatic N) is 2. The Morgan fingerprint density at radius 2 is 1.74 bits per heavy atom. The molecule has 1 N–H and O–H groups in total. The number of aliphatic hydroxyl groups is 1. The van der Waals surface area contributed by atoms with Gasteiger partial charge in [-0.25, -0.2) is 0 Å². The van der Waals surface area contributed by atoms with Crippen LogP contribution in [0.3, 0.4) is 0 Å². The zero-order chi connectivity index (χ0) is 19.0. The number of benzene rings is 1. The Bertz CT molecular complexity index is 1040. The Morgan fingerprint density at radius 3 is 2.37 bits per heavy atom. The van der Waals surface area contributed by atoms with Gasteiger partial charge in [-0.3, -0.25) is 19.5 Å². The summed E-state index contributed by atoms with van der Waals surface area (Å²) < 4.78 is 5.73. The molecular formula is C21H16N2O4. The minimum absolute atomic E-state index is 0.00981. The van der Waals surface area contributed by atoms with Gasteiger partial charge in [-0.1, -0.05) is 18.2 Å². The average molecular weight is 360 g/mol. The third-order valence-corrected chi connectivity index (χ3v) is 4.46. The second-order valence-corrected chi connectivity index (χ2v) is 6.19. The smallest absolute Gasteiger partial charge is 0.300 e. The number of hydrogen-bond donors (Lipinski definition) is 1. The quantitative estimate of drug-likeness (QED) is 0.438. The molecule has 0 bridgehead atoms. The zero-order valence-corrected chi connectivity index (χ0v) is 14.5. The maximum absolute atomic E-state index is 12.8. The Hall–Kier alpha value is -3.67. The molecule has 1 amide bonds. The molecular weight excluding hydrogens is 344 g/mol. The molecule has 1 aromatic carbocycles. The van der Waals surface area contributed by atoms with E-state index in [4.69, 9.17) is 4.42 Å². The fraction of sp³-hybridized carbons (Fsp3) is 0.0952. The summed E-state index contributed by atoms with van der Waals surface area (Å²) in [5.41, 5.74) is 0.946. The summed E-state index contributed by atoms with van der Waals surface area (Å²) in [4.78, 5) is 30.9. The lowest BCUT2D eigenvalue weighted by molar-refractivity contribution is -0.132. The number of furan rings is 1. The molecule has 1 unspecified atom stereocenters. The fourth-order valence-electron chi connectivity index (χ4n) is 3.22. The summed E-state index contributed by atoms with van der Waals surface area (Å²) in [6.07, 6.45) is 3.02. The number of amides is 1. The molecule has 2 aromatic heterocycles. The van der Waals surface area contributed by atoms with Gasteiger partial charge < -0.3 is 9.52 Å². The Balaban J connectivity index is 1.94. The zero-order valence-electron chi connectivity index (χ0n) is 14.5. The van der Waals surface area contributed by atoms with Crippen molar-refractivity contribution in [2.45, 2.75) is 13.0 Å². The van der Waals surface area contributed by atoms with E-state index in [1.165, 1.54) is 17.3 Å². The number of Topliss-reactive ketones (excluding diaryl/α,β-unsaturated/α-hetero) is 1. The minimum atomic E-state index is -0.853. The van der Waals surface area contributed by atoms with Gasteiger partial charge in [0.15, 0.2) is 0 Å². The summed E-state index contributed by atoms with van der Waals surface area (Å²) in [5, 5.41) is 10.8. The third kappa shape index (κ3) is 2.81. The molecule has 1 aliphatic rings. The van der Waals surface area contributed by atoms with Gasteiger partial charge in [0.25, 0.3) is 11.7 Å². The predicted molar refractivity (Wildman–Crippen MR) is 98.9 cm³/mol. The first-order chi connectivity index (χ1) is 13.1. The van der Waals surface area contributed by atoms with E-state index in [9.17, 15) is 14.7 Å². The van der Waals surface area contributed by atoms with Crippen LogP contribution in [0.15, 0.2) is 77.0 Å². The van der Waals surface area contributed by atoms with Crippen molar-refractivity contribution in [3.63, 3.8) is 0 Å². The highest BCUT2D eigenvalue weighted by Gasteiger charge is 2.48. The maximum Gasteiger partial charge on any atom is 0.300 e. The van der Waals surface area contributed by atoms with Gasteiger partial charge in [0.05, 0.1) is 5.57 Å². The lowest BCUT2D eigenvalue weighted by Crippen LogP contribution is -2.29. The molecule has 1 saturated heterocycles. The number of pyridine rings is 1. The van der Waals surface area contributed by atoms with Crippen molar-refractivity contribution in [2.75, 3.05) is 4.90 Å². The number of anilines is 1. The van der Waals surface area contributed by atoms with Gasteiger partial charge in [0.2, 0.25) is 0 Å². The second kappa shape index (κ2) is 6.57. The number of aryl methyl sites for hydroxylation is 1. The molecule has 3 aromatic rings. The summed E-state index contributed by atoms with van der Waals surface area (Å²) in [6.45, 7) is 1.78. The van der Waals surface area contributed by atoms with Crippen LogP contribution in [0.5, 0.6) is 0 Å². The normalized spacial score (nSPS) is 18.9. The van der Waals surface area contributed by atoms with E-state index < -0.39 is 17.7 Å². The third-order valence-electron chi connectivity index (χ3n) is 4.46. The number of ketones is 1. The van der Waals surface area contributed by atoms with Crippen LogP contribution in [-0.4, -0.2) is 21.8 Å². The molecule has 1 atom stereocenters. The van der Waals surface area contributed by atoms with Gasteiger partial charge in [0.1, 0.15) is 23.3 Å². The number of carbonyl (C=O) groups excluding carboxylic acids is 2. The lowest BCUT2D eigenvalue weighted by atomic mass is 9.99. The van der Waals surface area contributed by atoms with Crippen molar-refractivity contribution < 1.29 is 19.1 Å². The number of aliphatic hydroxyl groups excluding tert-OH is 1. The number of rotatable bonds is 3. The minimum Gasteiger partial charge on any atom is -0.507 e. The highest BCUT2D eigenvalue weighted by atomic mass is 16.3. The lowest BCUT2D eigenvalue weighted by Gasteiger charge is -2.23. The Morgan fingerprint density at radius 1 is 1.04 bits per heavy atom. The van der Waals surface area contributed by atoms with Gasteiger partial charge in [0, 0.05) is 23.6 Å². The first-order valence-electron chi connectivity index (χ1n) is 8.40. The van der Waals surface area contributed by atoms with E-state index in [1.807, 2.05) is 6.07 Å². The van der Waals surface area contributed by atoms with E-state index in [1.54, 1.807) is 55.5 Å². The van der Waals surface area contributed by atoms with Gasteiger partial charge in [-0.15, -0.1) is 0 Å². The van der Waals surface area contributed by atoms with Crippen LogP contribution in [0.1, 0.15) is 23.1 Å². The molecule has 6 heteroatoms. The van der Waals surface area contributed by atoms with Crippen LogP contribution in [0.4, 0.5) is 5.69 Å². The van der Waals surface area contributed by atoms with Crippen LogP contribution >= 0.6 is 0 Å². The van der Waals surface area contributed by atoms with E-state index in [-0.39, 0.29) is 11.3 Å². The van der Waals surface area contributed by atoms with Crippen LogP contribution < -0.4 is 4.90 Å². The van der Waals surface area contributed by atoms with E-state index in [0.29, 0.717) is 22.8 Å². The van der Waals surface area contributed by atoms with E-state index in [0.717, 1.165) is 0 Å². The Labute approximate surface area is 155 Å². The number of para-hydroxylation sites is 1. The summed E-state index contributed by atoms with van der Waals surface area (Å²) in [5.74, 6) is -0.671. The van der Waals surface area contributed by atoms with Crippen molar-refractivity contribution in [2.24, 2.45) is 0 Å². The Kier molecular flexibility index (Phi) is 4.08. The van der Waals surface area contributed by atoms with Gasteiger partial charge in [-0.05, 0) is 43.3 Å². The molecule has 0 spiro atoms. The molecule has 6 nitrogen and oxygen atoms in total. The van der Waals surface area contributed by atoms with Crippen molar-refractivity contribution in [1.29, 1.82) is 0 Å². The molecule has 1 fully saturated rings. The van der Waals surface area contributed by atoms with Crippen LogP contribution in [0.25, 0.3) is 5.76 Å². The molecule has 4 rings (SSSR count). The fourth-order valence-corrected chi connectivity index (χ4v) is 3.22. The molecule has 27 heavy (non-hydrogen) atoms. The van der Waals surface area contributed by atoms with Crippen LogP contribution in [-0.2, 0) is 9.59 Å². The predicted octanol–water partition coefficient (Wildman–Crippen LogP) is 3.61. The second-order valence-electron chi connectivity index (χ2n) is 6.19. The first-order valence-corrected chi connectivity index (χ1v) is 8.40. The van der Waals surface area contributed by atoms with Crippen molar-refractivity contribution in [1.82, 2.24) is 4.98 Å². The van der Waals surface area contributed by atoms with E-state index in [2.05, 4.69) is 4.98 Å². The monoisotopic (exact) mass is 360 g/mol. The van der Waals surface area contributed by atoms with Gasteiger partial charge in [-0.2, -0.15) is 0 Å². The largest absolute Gasteiger partial charge is 0.507 e. The maximum atomic E-state index is 12.8. The van der Waals surface area contributed by atoms with Crippen molar-refractivity contribution in [3.05, 3.63) is 89.6 Å². The average Bonchev–Trinajstić information content (AvgIpc) is 3.24. The standard InChI is InChI=1S/C21H16N2O4/c1-13-7-8-16(27-13)18-17(19(24)14-9-11-22-12-10-14)20(25)21(26)23(18)15-5-3-2-4-6-15/h2-12,18,24H,1H3/b19-17-. The molecule has 134 valence electrons. The first kappa shape index (κ1) is 16.8. The van der Waals surface area contributed by atoms with Crippen molar-refractivity contribution >= 4 is 23.1 Å². The summed E-state index contributed by atoms with van der Waals surface area (Å²) in [6, 6.07) is 14.6. The molecule has 0 radical (unpaired) electrons. The topological polar surface area (TPSA) is 83.6 Å². The van der Waals surface area contributed by atoms with Gasteiger partial charge >= 0.3 is 0 Å². The highest BCUT2D eigenvalue weighted by Crippen LogP contribution is 2.42.